The van der Waals surface area contributed by atoms with E-state index in [-0.39, 0.29) is 5.75 Å². The molecule has 0 aliphatic heterocycles. The van der Waals surface area contributed by atoms with E-state index in [4.69, 9.17) is 23.2 Å². The second-order valence-corrected chi connectivity index (χ2v) is 6.78. The molecule has 1 aromatic carbocycles. The zero-order valence-electron chi connectivity index (χ0n) is 6.94. The lowest BCUT2D eigenvalue weighted by atomic mass is 10.3. The molecule has 0 aromatic heterocycles. The van der Waals surface area contributed by atoms with Gasteiger partial charge in [-0.15, -0.1) is 0 Å². The summed E-state index contributed by atoms with van der Waals surface area (Å²) in [6, 6.07) is 3.58. The van der Waals surface area contributed by atoms with Gasteiger partial charge in [0.2, 0.25) is 0 Å². The molecule has 0 heterocycles. The Hall–Kier alpha value is -0.183. The summed E-state index contributed by atoms with van der Waals surface area (Å²) in [6.07, 6.45) is 0. The summed E-state index contributed by atoms with van der Waals surface area (Å²) in [4.78, 5) is 0. The summed E-state index contributed by atoms with van der Waals surface area (Å²) in [6.45, 7) is 4.36. The zero-order chi connectivity index (χ0) is 9.30. The molecule has 66 valence electrons. The first-order valence-electron chi connectivity index (χ1n) is 3.70. The Bertz CT molecular complexity index is 276. The minimum atomic E-state index is -0.886. The molecule has 0 unspecified atom stereocenters. The second-order valence-electron chi connectivity index (χ2n) is 2.99. The van der Waals surface area contributed by atoms with Crippen LogP contribution in [-0.4, -0.2) is 13.9 Å². The van der Waals surface area contributed by atoms with Crippen LogP contribution in [0, 0.1) is 0 Å². The van der Waals surface area contributed by atoms with Gasteiger partial charge in [0.1, 0.15) is 0 Å². The monoisotopic (exact) mass is 220 g/mol. The second kappa shape index (κ2) is 3.69. The number of hydrogen-bond acceptors (Lipinski definition) is 1. The molecule has 0 fully saturated rings. The highest BCUT2D eigenvalue weighted by molar-refractivity contribution is 6.71. The zero-order valence-corrected chi connectivity index (χ0v) is 9.60. The maximum Gasteiger partial charge on any atom is 0.152 e. The van der Waals surface area contributed by atoms with E-state index in [9.17, 15) is 5.11 Å². The van der Waals surface area contributed by atoms with Crippen LogP contribution in [0.5, 0.6) is 5.75 Å². The third-order valence-electron chi connectivity index (χ3n) is 1.71. The van der Waals surface area contributed by atoms with Crippen molar-refractivity contribution in [1.29, 1.82) is 0 Å². The molecule has 0 bridgehead atoms. The summed E-state index contributed by atoms with van der Waals surface area (Å²) in [5, 5.41) is 11.1. The molecule has 12 heavy (non-hydrogen) atoms. The highest BCUT2D eigenvalue weighted by Crippen LogP contribution is 2.29. The first-order chi connectivity index (χ1) is 5.52. The van der Waals surface area contributed by atoms with Crippen molar-refractivity contribution in [3.63, 3.8) is 0 Å². The largest absolute Gasteiger partial charge is 0.505 e. The van der Waals surface area contributed by atoms with Gasteiger partial charge in [-0.3, -0.25) is 0 Å². The molecule has 0 amide bonds. The van der Waals surface area contributed by atoms with Gasteiger partial charge in [-0.2, -0.15) is 0 Å². The highest BCUT2D eigenvalue weighted by atomic mass is 35.5. The van der Waals surface area contributed by atoms with Crippen molar-refractivity contribution in [2.45, 2.75) is 13.1 Å². The SMILES string of the molecule is C[SiH](C)c1cc(Cl)c(O)c(Cl)c1. The van der Waals surface area contributed by atoms with Crippen molar-refractivity contribution in [3.8, 4) is 5.75 Å². The fourth-order valence-corrected chi connectivity index (χ4v) is 2.63. The average Bonchev–Trinajstić information content (AvgIpc) is 1.99. The van der Waals surface area contributed by atoms with Crippen molar-refractivity contribution in [2.24, 2.45) is 0 Å². The van der Waals surface area contributed by atoms with Gasteiger partial charge in [0.15, 0.2) is 5.75 Å². The molecule has 0 radical (unpaired) electrons. The van der Waals surface area contributed by atoms with Crippen LogP contribution < -0.4 is 5.19 Å². The van der Waals surface area contributed by atoms with E-state index >= 15 is 0 Å². The Labute approximate surface area is 83.5 Å². The number of rotatable bonds is 1. The molecule has 0 aliphatic carbocycles. The molecule has 1 N–H and O–H groups in total. The van der Waals surface area contributed by atoms with Crippen molar-refractivity contribution >= 4 is 37.2 Å². The van der Waals surface area contributed by atoms with Crippen molar-refractivity contribution in [2.75, 3.05) is 0 Å². The van der Waals surface area contributed by atoms with Crippen LogP contribution in [-0.2, 0) is 0 Å². The van der Waals surface area contributed by atoms with Crippen LogP contribution in [0.1, 0.15) is 0 Å². The van der Waals surface area contributed by atoms with Gasteiger partial charge in [0.05, 0.1) is 18.8 Å². The van der Waals surface area contributed by atoms with Crippen molar-refractivity contribution in [3.05, 3.63) is 22.2 Å². The molecule has 0 atom stereocenters. The lowest BCUT2D eigenvalue weighted by molar-refractivity contribution is 0.476. The number of aromatic hydroxyl groups is 1. The number of benzene rings is 1. The summed E-state index contributed by atoms with van der Waals surface area (Å²) in [5.41, 5.74) is 0. The minimum absolute atomic E-state index is 0.0169. The van der Waals surface area contributed by atoms with E-state index in [1.165, 1.54) is 5.19 Å². The van der Waals surface area contributed by atoms with Crippen molar-refractivity contribution in [1.82, 2.24) is 0 Å². The molecular formula is C8H10Cl2OSi. The first-order valence-corrected chi connectivity index (χ1v) is 7.34. The van der Waals surface area contributed by atoms with Crippen LogP contribution in [0.4, 0.5) is 0 Å². The standard InChI is InChI=1S/C8H10Cl2OSi/c1-12(2)5-3-6(9)8(11)7(10)4-5/h3-4,11-12H,1-2H3. The van der Waals surface area contributed by atoms with E-state index in [1.807, 2.05) is 0 Å². The van der Waals surface area contributed by atoms with Gasteiger partial charge < -0.3 is 5.11 Å². The fraction of sp³-hybridized carbons (Fsp3) is 0.250. The third-order valence-corrected chi connectivity index (χ3v) is 3.95. The quantitative estimate of drug-likeness (QED) is 0.722. The molecule has 1 rings (SSSR count). The number of phenolic OH excluding ortho intramolecular Hbond substituents is 1. The van der Waals surface area contributed by atoms with Crippen LogP contribution in [0.25, 0.3) is 0 Å². The molecule has 0 saturated carbocycles. The maximum atomic E-state index is 9.26. The Morgan fingerprint density at radius 3 is 1.92 bits per heavy atom. The smallest absolute Gasteiger partial charge is 0.152 e. The molecule has 1 nitrogen and oxygen atoms in total. The lowest BCUT2D eigenvalue weighted by Gasteiger charge is -2.06. The normalized spacial score (nSPS) is 10.8. The van der Waals surface area contributed by atoms with Gasteiger partial charge in [0.25, 0.3) is 0 Å². The topological polar surface area (TPSA) is 20.2 Å². The van der Waals surface area contributed by atoms with E-state index in [0.29, 0.717) is 10.0 Å². The van der Waals surface area contributed by atoms with Crippen LogP contribution in [0.2, 0.25) is 23.1 Å². The summed E-state index contributed by atoms with van der Waals surface area (Å²) >= 11 is 11.5. The molecular weight excluding hydrogens is 211 g/mol. The third kappa shape index (κ3) is 1.94. The van der Waals surface area contributed by atoms with Gasteiger partial charge in [-0.25, -0.2) is 0 Å². The Kier molecular flexibility index (Phi) is 3.04. The predicted molar refractivity (Wildman–Crippen MR) is 56.6 cm³/mol. The Morgan fingerprint density at radius 2 is 1.58 bits per heavy atom. The highest BCUT2D eigenvalue weighted by Gasteiger charge is 2.08. The van der Waals surface area contributed by atoms with Crippen LogP contribution in [0.15, 0.2) is 12.1 Å². The van der Waals surface area contributed by atoms with Gasteiger partial charge >= 0.3 is 0 Å². The maximum absolute atomic E-state index is 9.26. The first kappa shape index (κ1) is 9.90. The summed E-state index contributed by atoms with van der Waals surface area (Å²) in [5.74, 6) is -0.0169. The average molecular weight is 221 g/mol. The summed E-state index contributed by atoms with van der Waals surface area (Å²) < 4.78 is 0. The lowest BCUT2D eigenvalue weighted by Crippen LogP contribution is -2.22. The van der Waals surface area contributed by atoms with Crippen molar-refractivity contribution < 1.29 is 5.11 Å². The van der Waals surface area contributed by atoms with Gasteiger partial charge in [0, 0.05) is 0 Å². The van der Waals surface area contributed by atoms with Crippen LogP contribution >= 0.6 is 23.2 Å². The molecule has 1 aromatic rings. The van der Waals surface area contributed by atoms with E-state index in [1.54, 1.807) is 12.1 Å². The Morgan fingerprint density at radius 1 is 1.17 bits per heavy atom. The van der Waals surface area contributed by atoms with E-state index in [2.05, 4.69) is 13.1 Å². The minimum Gasteiger partial charge on any atom is -0.505 e. The fourth-order valence-electron chi connectivity index (χ4n) is 0.918. The van der Waals surface area contributed by atoms with E-state index in [0.717, 1.165) is 0 Å². The molecule has 4 heteroatoms. The van der Waals surface area contributed by atoms with Gasteiger partial charge in [-0.1, -0.05) is 41.5 Å². The summed E-state index contributed by atoms with van der Waals surface area (Å²) in [7, 11) is -0.886. The number of halogens is 2. The van der Waals surface area contributed by atoms with Gasteiger partial charge in [-0.05, 0) is 12.1 Å². The molecule has 0 aliphatic rings. The molecule has 0 saturated heterocycles. The van der Waals surface area contributed by atoms with E-state index < -0.39 is 8.80 Å². The predicted octanol–water partition coefficient (Wildman–Crippen LogP) is 2.39. The van der Waals surface area contributed by atoms with Crippen LogP contribution in [0.3, 0.4) is 0 Å². The Balaban J connectivity index is 3.21. The number of phenols is 1. The molecule has 0 spiro atoms. The number of hydrogen-bond donors (Lipinski definition) is 1.